The SMILES string of the molecule is CCNC1CCc2cc(OC(C)C(N)=O)ccc21. The largest absolute Gasteiger partial charge is 0.481 e. The Labute approximate surface area is 108 Å². The fraction of sp³-hybridized carbons (Fsp3) is 0.500. The Kier molecular flexibility index (Phi) is 3.87. The molecule has 0 aliphatic heterocycles. The van der Waals surface area contributed by atoms with E-state index < -0.39 is 12.0 Å². The summed E-state index contributed by atoms with van der Waals surface area (Å²) >= 11 is 0. The number of aryl methyl sites for hydroxylation is 1. The fourth-order valence-electron chi connectivity index (χ4n) is 2.39. The molecule has 1 aromatic rings. The Bertz CT molecular complexity index is 445. The van der Waals surface area contributed by atoms with Gasteiger partial charge in [0.15, 0.2) is 6.10 Å². The van der Waals surface area contributed by atoms with Gasteiger partial charge in [-0.15, -0.1) is 0 Å². The highest BCUT2D eigenvalue weighted by Gasteiger charge is 2.22. The van der Waals surface area contributed by atoms with Crippen LogP contribution in [0, 0.1) is 0 Å². The van der Waals surface area contributed by atoms with E-state index in [1.807, 2.05) is 12.1 Å². The lowest BCUT2D eigenvalue weighted by Gasteiger charge is -2.14. The topological polar surface area (TPSA) is 64.3 Å². The van der Waals surface area contributed by atoms with E-state index in [4.69, 9.17) is 10.5 Å². The van der Waals surface area contributed by atoms with Gasteiger partial charge in [-0.3, -0.25) is 4.79 Å². The first-order valence-corrected chi connectivity index (χ1v) is 6.44. The van der Waals surface area contributed by atoms with Crippen LogP contribution in [0.3, 0.4) is 0 Å². The summed E-state index contributed by atoms with van der Waals surface area (Å²) in [6.45, 7) is 4.75. The number of primary amides is 1. The van der Waals surface area contributed by atoms with E-state index in [-0.39, 0.29) is 0 Å². The van der Waals surface area contributed by atoms with Crippen LogP contribution in [0.15, 0.2) is 18.2 Å². The number of benzene rings is 1. The molecule has 0 aromatic heterocycles. The molecule has 18 heavy (non-hydrogen) atoms. The van der Waals surface area contributed by atoms with Gasteiger partial charge in [-0.05, 0) is 49.6 Å². The standard InChI is InChI=1S/C14H20N2O2/c1-3-16-13-7-4-10-8-11(5-6-12(10)13)18-9(2)14(15)17/h5-6,8-9,13,16H,3-4,7H2,1-2H3,(H2,15,17). The predicted molar refractivity (Wildman–Crippen MR) is 70.5 cm³/mol. The molecule has 0 heterocycles. The van der Waals surface area contributed by atoms with Crippen molar-refractivity contribution < 1.29 is 9.53 Å². The molecule has 1 aromatic carbocycles. The third kappa shape index (κ3) is 2.64. The first kappa shape index (κ1) is 12.9. The smallest absolute Gasteiger partial charge is 0.258 e. The second-order valence-corrected chi connectivity index (χ2v) is 4.67. The van der Waals surface area contributed by atoms with Crippen molar-refractivity contribution >= 4 is 5.91 Å². The molecule has 0 fully saturated rings. The monoisotopic (exact) mass is 248 g/mol. The third-order valence-electron chi connectivity index (χ3n) is 3.36. The number of carbonyl (C=O) groups is 1. The van der Waals surface area contributed by atoms with Crippen molar-refractivity contribution in [1.29, 1.82) is 0 Å². The number of rotatable bonds is 5. The summed E-state index contributed by atoms with van der Waals surface area (Å²) in [4.78, 5) is 11.0. The predicted octanol–water partition coefficient (Wildman–Crippen LogP) is 1.54. The Morgan fingerprint density at radius 3 is 3.06 bits per heavy atom. The van der Waals surface area contributed by atoms with Crippen molar-refractivity contribution in [3.63, 3.8) is 0 Å². The first-order valence-electron chi connectivity index (χ1n) is 6.44. The molecule has 0 bridgehead atoms. The normalized spacial score (nSPS) is 19.3. The maximum absolute atomic E-state index is 11.0. The Hall–Kier alpha value is -1.55. The van der Waals surface area contributed by atoms with Crippen LogP contribution in [0.1, 0.15) is 37.4 Å². The van der Waals surface area contributed by atoms with Crippen molar-refractivity contribution in [2.75, 3.05) is 6.54 Å². The van der Waals surface area contributed by atoms with Crippen molar-refractivity contribution in [3.05, 3.63) is 29.3 Å². The molecule has 0 saturated carbocycles. The van der Waals surface area contributed by atoms with Gasteiger partial charge in [-0.1, -0.05) is 13.0 Å². The molecule has 0 saturated heterocycles. The van der Waals surface area contributed by atoms with Gasteiger partial charge in [0.05, 0.1) is 0 Å². The van der Waals surface area contributed by atoms with E-state index in [9.17, 15) is 4.79 Å². The zero-order chi connectivity index (χ0) is 13.1. The second kappa shape index (κ2) is 5.40. The van der Waals surface area contributed by atoms with Gasteiger partial charge in [-0.2, -0.15) is 0 Å². The van der Waals surface area contributed by atoms with Gasteiger partial charge in [-0.25, -0.2) is 0 Å². The Balaban J connectivity index is 2.12. The summed E-state index contributed by atoms with van der Waals surface area (Å²) in [5, 5.41) is 3.46. The zero-order valence-electron chi connectivity index (χ0n) is 10.9. The highest BCUT2D eigenvalue weighted by atomic mass is 16.5. The minimum Gasteiger partial charge on any atom is -0.481 e. The molecule has 2 unspecified atom stereocenters. The lowest BCUT2D eigenvalue weighted by Crippen LogP contribution is -2.30. The van der Waals surface area contributed by atoms with Crippen molar-refractivity contribution in [2.24, 2.45) is 5.73 Å². The summed E-state index contributed by atoms with van der Waals surface area (Å²) in [7, 11) is 0. The average Bonchev–Trinajstić information content (AvgIpc) is 2.72. The number of carbonyl (C=O) groups excluding carboxylic acids is 1. The lowest BCUT2D eigenvalue weighted by atomic mass is 10.1. The molecular weight excluding hydrogens is 228 g/mol. The summed E-state index contributed by atoms with van der Waals surface area (Å²) in [5.74, 6) is 0.276. The van der Waals surface area contributed by atoms with Crippen LogP contribution in [-0.2, 0) is 11.2 Å². The molecule has 1 amide bonds. The van der Waals surface area contributed by atoms with Crippen molar-refractivity contribution in [2.45, 2.75) is 38.8 Å². The van der Waals surface area contributed by atoms with Crippen molar-refractivity contribution in [1.82, 2.24) is 5.32 Å². The van der Waals surface area contributed by atoms with E-state index in [0.29, 0.717) is 6.04 Å². The van der Waals surface area contributed by atoms with Gasteiger partial charge in [0, 0.05) is 6.04 Å². The molecule has 1 aliphatic rings. The van der Waals surface area contributed by atoms with Crippen LogP contribution in [0.25, 0.3) is 0 Å². The molecule has 3 N–H and O–H groups in total. The number of ether oxygens (including phenoxy) is 1. The highest BCUT2D eigenvalue weighted by Crippen LogP contribution is 2.33. The van der Waals surface area contributed by atoms with Gasteiger partial charge in [0.1, 0.15) is 5.75 Å². The van der Waals surface area contributed by atoms with E-state index in [1.165, 1.54) is 11.1 Å². The maximum atomic E-state index is 11.0. The number of nitrogens with two attached hydrogens (primary N) is 1. The number of amides is 1. The van der Waals surface area contributed by atoms with Crippen LogP contribution in [-0.4, -0.2) is 18.6 Å². The van der Waals surface area contributed by atoms with Crippen molar-refractivity contribution in [3.8, 4) is 5.75 Å². The quantitative estimate of drug-likeness (QED) is 0.830. The van der Waals surface area contributed by atoms with E-state index in [2.05, 4.69) is 18.3 Å². The van der Waals surface area contributed by atoms with Gasteiger partial charge >= 0.3 is 0 Å². The Morgan fingerprint density at radius 1 is 1.61 bits per heavy atom. The first-order chi connectivity index (χ1) is 8.61. The van der Waals surface area contributed by atoms with Crippen LogP contribution in [0.2, 0.25) is 0 Å². The van der Waals surface area contributed by atoms with Crippen LogP contribution in [0.5, 0.6) is 5.75 Å². The summed E-state index contributed by atoms with van der Waals surface area (Å²) < 4.78 is 5.50. The third-order valence-corrected chi connectivity index (χ3v) is 3.36. The molecule has 0 radical (unpaired) electrons. The molecular formula is C14H20N2O2. The molecule has 4 nitrogen and oxygen atoms in total. The average molecular weight is 248 g/mol. The summed E-state index contributed by atoms with van der Waals surface area (Å²) in [5.41, 5.74) is 7.83. The second-order valence-electron chi connectivity index (χ2n) is 4.67. The number of fused-ring (bicyclic) bond motifs is 1. The van der Waals surface area contributed by atoms with Gasteiger partial charge in [0.2, 0.25) is 0 Å². The van der Waals surface area contributed by atoms with E-state index >= 15 is 0 Å². The lowest BCUT2D eigenvalue weighted by molar-refractivity contribution is -0.123. The van der Waals surface area contributed by atoms with Crippen LogP contribution >= 0.6 is 0 Å². The van der Waals surface area contributed by atoms with Gasteiger partial charge < -0.3 is 15.8 Å². The Morgan fingerprint density at radius 2 is 2.39 bits per heavy atom. The minimum absolute atomic E-state index is 0.443. The maximum Gasteiger partial charge on any atom is 0.258 e. The van der Waals surface area contributed by atoms with E-state index in [1.54, 1.807) is 6.92 Å². The van der Waals surface area contributed by atoms with Crippen LogP contribution < -0.4 is 15.8 Å². The molecule has 0 spiro atoms. The van der Waals surface area contributed by atoms with E-state index in [0.717, 1.165) is 25.1 Å². The fourth-order valence-corrected chi connectivity index (χ4v) is 2.39. The van der Waals surface area contributed by atoms with Crippen LogP contribution in [0.4, 0.5) is 0 Å². The highest BCUT2D eigenvalue weighted by molar-refractivity contribution is 5.78. The molecule has 2 rings (SSSR count). The number of nitrogens with one attached hydrogen (secondary N) is 1. The van der Waals surface area contributed by atoms with Gasteiger partial charge in [0.25, 0.3) is 5.91 Å². The number of hydrogen-bond acceptors (Lipinski definition) is 3. The minimum atomic E-state index is -0.589. The summed E-state index contributed by atoms with van der Waals surface area (Å²) in [6, 6.07) is 6.46. The molecule has 2 atom stereocenters. The molecule has 1 aliphatic carbocycles. The molecule has 98 valence electrons. The number of hydrogen-bond donors (Lipinski definition) is 2. The molecule has 4 heteroatoms. The zero-order valence-corrected chi connectivity index (χ0v) is 10.9. The summed E-state index contributed by atoms with van der Waals surface area (Å²) in [6.07, 6.45) is 1.58.